The average Bonchev–Trinajstić information content (AvgIpc) is 2.19. The van der Waals surface area contributed by atoms with Crippen molar-refractivity contribution in [1.82, 2.24) is 4.98 Å². The van der Waals surface area contributed by atoms with Gasteiger partial charge in [0.2, 0.25) is 0 Å². The molecule has 0 atom stereocenters. The standard InChI is InChI=1S/C10H8BrNO2/c1-14-9-3-2-8(11)7-4-6(13)5-12-10(7)9/h2-5,13H,1H3. The lowest BCUT2D eigenvalue weighted by molar-refractivity contribution is 0.418. The van der Waals surface area contributed by atoms with Crippen molar-refractivity contribution in [3.63, 3.8) is 0 Å². The number of pyridine rings is 1. The number of halogens is 1. The zero-order valence-electron chi connectivity index (χ0n) is 7.49. The van der Waals surface area contributed by atoms with Gasteiger partial charge in [-0.3, -0.25) is 0 Å². The number of ether oxygens (including phenoxy) is 1. The molecule has 0 saturated heterocycles. The minimum Gasteiger partial charge on any atom is -0.506 e. The van der Waals surface area contributed by atoms with E-state index < -0.39 is 0 Å². The predicted octanol–water partition coefficient (Wildman–Crippen LogP) is 2.71. The van der Waals surface area contributed by atoms with Crippen LogP contribution in [0.25, 0.3) is 10.9 Å². The molecule has 4 heteroatoms. The monoisotopic (exact) mass is 253 g/mol. The highest BCUT2D eigenvalue weighted by Gasteiger charge is 2.06. The number of nitrogens with zero attached hydrogens (tertiary/aromatic N) is 1. The number of hydrogen-bond donors (Lipinski definition) is 1. The average molecular weight is 254 g/mol. The van der Waals surface area contributed by atoms with Crippen LogP contribution in [-0.2, 0) is 0 Å². The number of methoxy groups -OCH3 is 1. The molecule has 0 unspecified atom stereocenters. The molecular weight excluding hydrogens is 246 g/mol. The van der Waals surface area contributed by atoms with Gasteiger partial charge in [-0.15, -0.1) is 0 Å². The zero-order valence-corrected chi connectivity index (χ0v) is 9.08. The van der Waals surface area contributed by atoms with E-state index in [0.717, 1.165) is 15.4 Å². The Labute approximate surface area is 89.5 Å². The maximum absolute atomic E-state index is 9.29. The van der Waals surface area contributed by atoms with Crippen molar-refractivity contribution in [3.05, 3.63) is 28.9 Å². The highest BCUT2D eigenvalue weighted by atomic mass is 79.9. The molecule has 1 aromatic heterocycles. The SMILES string of the molecule is COc1ccc(Br)c2cc(O)cnc12. The number of benzene rings is 1. The summed E-state index contributed by atoms with van der Waals surface area (Å²) in [5.74, 6) is 0.842. The quantitative estimate of drug-likeness (QED) is 0.850. The van der Waals surface area contributed by atoms with Gasteiger partial charge in [0.15, 0.2) is 0 Å². The van der Waals surface area contributed by atoms with Crippen LogP contribution in [0.3, 0.4) is 0 Å². The third kappa shape index (κ3) is 1.42. The molecular formula is C10H8BrNO2. The van der Waals surface area contributed by atoms with Gasteiger partial charge in [0.1, 0.15) is 17.0 Å². The maximum Gasteiger partial charge on any atom is 0.145 e. The first-order chi connectivity index (χ1) is 6.72. The Bertz CT molecular complexity index is 485. The Kier molecular flexibility index (Phi) is 2.29. The van der Waals surface area contributed by atoms with Crippen molar-refractivity contribution < 1.29 is 9.84 Å². The normalized spacial score (nSPS) is 10.4. The first-order valence-corrected chi connectivity index (χ1v) is 4.83. The van der Waals surface area contributed by atoms with Crippen LogP contribution in [0.5, 0.6) is 11.5 Å². The summed E-state index contributed by atoms with van der Waals surface area (Å²) < 4.78 is 6.04. The number of fused-ring (bicyclic) bond motifs is 1. The Hall–Kier alpha value is -1.29. The van der Waals surface area contributed by atoms with Crippen LogP contribution in [0.2, 0.25) is 0 Å². The number of aromatic hydroxyl groups is 1. The predicted molar refractivity (Wildman–Crippen MR) is 57.7 cm³/mol. The molecule has 72 valence electrons. The Balaban J connectivity index is 2.84. The van der Waals surface area contributed by atoms with Gasteiger partial charge in [-0.25, -0.2) is 4.98 Å². The highest BCUT2D eigenvalue weighted by Crippen LogP contribution is 2.31. The minimum absolute atomic E-state index is 0.145. The zero-order chi connectivity index (χ0) is 10.1. The van der Waals surface area contributed by atoms with Gasteiger partial charge in [-0.2, -0.15) is 0 Å². The molecule has 0 amide bonds. The Morgan fingerprint density at radius 1 is 1.43 bits per heavy atom. The Morgan fingerprint density at radius 2 is 2.21 bits per heavy atom. The molecule has 2 rings (SSSR count). The molecule has 1 heterocycles. The third-order valence-electron chi connectivity index (χ3n) is 1.96. The van der Waals surface area contributed by atoms with Crippen molar-refractivity contribution in [2.75, 3.05) is 7.11 Å². The number of hydrogen-bond acceptors (Lipinski definition) is 3. The molecule has 0 aliphatic heterocycles. The molecule has 14 heavy (non-hydrogen) atoms. The molecule has 3 nitrogen and oxygen atoms in total. The molecule has 0 fully saturated rings. The van der Waals surface area contributed by atoms with Crippen LogP contribution >= 0.6 is 15.9 Å². The fourth-order valence-corrected chi connectivity index (χ4v) is 1.75. The fraction of sp³-hybridized carbons (Fsp3) is 0.100. The van der Waals surface area contributed by atoms with E-state index in [1.54, 1.807) is 13.2 Å². The van der Waals surface area contributed by atoms with Crippen molar-refractivity contribution in [2.24, 2.45) is 0 Å². The van der Waals surface area contributed by atoms with Crippen LogP contribution < -0.4 is 4.74 Å². The molecule has 0 saturated carbocycles. The van der Waals surface area contributed by atoms with Gasteiger partial charge in [-0.05, 0) is 18.2 Å². The van der Waals surface area contributed by atoms with Gasteiger partial charge >= 0.3 is 0 Å². The van der Waals surface area contributed by atoms with Gasteiger partial charge in [0.05, 0.1) is 13.3 Å². The topological polar surface area (TPSA) is 42.4 Å². The molecule has 0 radical (unpaired) electrons. The summed E-state index contributed by atoms with van der Waals surface area (Å²) in [5, 5.41) is 10.1. The molecule has 2 aromatic rings. The second-order valence-electron chi connectivity index (χ2n) is 2.84. The van der Waals surface area contributed by atoms with Gasteiger partial charge in [0, 0.05) is 9.86 Å². The second-order valence-corrected chi connectivity index (χ2v) is 3.69. The molecule has 0 bridgehead atoms. The third-order valence-corrected chi connectivity index (χ3v) is 2.66. The number of rotatable bonds is 1. The van der Waals surface area contributed by atoms with E-state index in [9.17, 15) is 5.11 Å². The van der Waals surface area contributed by atoms with E-state index in [4.69, 9.17) is 4.74 Å². The molecule has 0 aliphatic carbocycles. The van der Waals surface area contributed by atoms with Gasteiger partial charge in [-0.1, -0.05) is 15.9 Å². The highest BCUT2D eigenvalue weighted by molar-refractivity contribution is 9.10. The summed E-state index contributed by atoms with van der Waals surface area (Å²) in [7, 11) is 1.59. The molecule has 0 spiro atoms. The van der Waals surface area contributed by atoms with E-state index in [1.807, 2.05) is 12.1 Å². The first kappa shape index (κ1) is 9.27. The van der Waals surface area contributed by atoms with Crippen molar-refractivity contribution in [3.8, 4) is 11.5 Å². The summed E-state index contributed by atoms with van der Waals surface area (Å²) in [5.41, 5.74) is 0.736. The van der Waals surface area contributed by atoms with Crippen LogP contribution in [0.1, 0.15) is 0 Å². The van der Waals surface area contributed by atoms with Gasteiger partial charge in [0.25, 0.3) is 0 Å². The van der Waals surface area contributed by atoms with Crippen LogP contribution in [0, 0.1) is 0 Å². The van der Waals surface area contributed by atoms with E-state index in [-0.39, 0.29) is 5.75 Å². The Morgan fingerprint density at radius 3 is 2.93 bits per heavy atom. The summed E-state index contributed by atoms with van der Waals surface area (Å²) in [4.78, 5) is 4.11. The lowest BCUT2D eigenvalue weighted by Crippen LogP contribution is -1.87. The summed E-state index contributed by atoms with van der Waals surface area (Å²) in [6.45, 7) is 0. The molecule has 1 N–H and O–H groups in total. The summed E-state index contributed by atoms with van der Waals surface area (Å²) >= 11 is 3.39. The first-order valence-electron chi connectivity index (χ1n) is 4.03. The second kappa shape index (κ2) is 3.46. The van der Waals surface area contributed by atoms with Gasteiger partial charge < -0.3 is 9.84 Å². The molecule has 0 aliphatic rings. The van der Waals surface area contributed by atoms with E-state index in [0.29, 0.717) is 5.75 Å². The lowest BCUT2D eigenvalue weighted by atomic mass is 10.2. The lowest BCUT2D eigenvalue weighted by Gasteiger charge is -2.05. The van der Waals surface area contributed by atoms with E-state index in [1.165, 1.54) is 6.20 Å². The summed E-state index contributed by atoms with van der Waals surface area (Å²) in [6, 6.07) is 5.34. The molecule has 1 aromatic carbocycles. The summed E-state index contributed by atoms with van der Waals surface area (Å²) in [6.07, 6.45) is 1.40. The van der Waals surface area contributed by atoms with Crippen molar-refractivity contribution in [2.45, 2.75) is 0 Å². The van der Waals surface area contributed by atoms with Crippen LogP contribution in [0.4, 0.5) is 0 Å². The smallest absolute Gasteiger partial charge is 0.145 e. The minimum atomic E-state index is 0.145. The van der Waals surface area contributed by atoms with Crippen LogP contribution in [-0.4, -0.2) is 17.2 Å². The number of aromatic nitrogens is 1. The van der Waals surface area contributed by atoms with E-state index in [2.05, 4.69) is 20.9 Å². The van der Waals surface area contributed by atoms with E-state index >= 15 is 0 Å². The largest absolute Gasteiger partial charge is 0.506 e. The van der Waals surface area contributed by atoms with Crippen LogP contribution in [0.15, 0.2) is 28.9 Å². The van der Waals surface area contributed by atoms with Crippen molar-refractivity contribution in [1.29, 1.82) is 0 Å². The maximum atomic E-state index is 9.29. The van der Waals surface area contributed by atoms with Crippen molar-refractivity contribution >= 4 is 26.8 Å². The fourth-order valence-electron chi connectivity index (χ4n) is 1.31.